The summed E-state index contributed by atoms with van der Waals surface area (Å²) in [5.41, 5.74) is 0. The highest BCUT2D eigenvalue weighted by atomic mass is 35.5. The number of rotatable bonds is 4. The highest BCUT2D eigenvalue weighted by Crippen LogP contribution is 2.32. The van der Waals surface area contributed by atoms with Gasteiger partial charge in [-0.2, -0.15) is 0 Å². The van der Waals surface area contributed by atoms with Crippen molar-refractivity contribution < 1.29 is 0 Å². The quantitative estimate of drug-likeness (QED) is 0.801. The van der Waals surface area contributed by atoms with Crippen molar-refractivity contribution in [1.29, 1.82) is 0 Å². The third-order valence-electron chi connectivity index (χ3n) is 2.66. The Kier molecular flexibility index (Phi) is 3.10. The van der Waals surface area contributed by atoms with Crippen LogP contribution in [0, 0.1) is 5.92 Å². The highest BCUT2D eigenvalue weighted by molar-refractivity contribution is 6.29. The summed E-state index contributed by atoms with van der Waals surface area (Å²) in [6.07, 6.45) is 3.15. The van der Waals surface area contributed by atoms with Crippen LogP contribution in [0.1, 0.15) is 32.5 Å². The Balaban J connectivity index is 2.08. The second-order valence-corrected chi connectivity index (χ2v) is 4.59. The van der Waals surface area contributed by atoms with Crippen molar-refractivity contribution in [3.05, 3.63) is 17.0 Å². The van der Waals surface area contributed by atoms with E-state index in [0.717, 1.165) is 30.4 Å². The van der Waals surface area contributed by atoms with Gasteiger partial charge in [-0.3, -0.25) is 0 Å². The Labute approximate surface area is 95.3 Å². The maximum atomic E-state index is 5.93. The number of nitrogens with zero attached hydrogens (tertiary/aromatic N) is 2. The number of anilines is 1. The van der Waals surface area contributed by atoms with Gasteiger partial charge in [0.15, 0.2) is 0 Å². The molecule has 1 aliphatic carbocycles. The van der Waals surface area contributed by atoms with Gasteiger partial charge in [-0.05, 0) is 18.8 Å². The third-order valence-corrected chi connectivity index (χ3v) is 2.85. The molecule has 0 aliphatic heterocycles. The van der Waals surface area contributed by atoms with Crippen LogP contribution in [0.25, 0.3) is 0 Å². The van der Waals surface area contributed by atoms with E-state index in [1.54, 1.807) is 6.07 Å². The maximum Gasteiger partial charge on any atom is 0.134 e. The minimum atomic E-state index is 0.532. The molecule has 1 aromatic rings. The van der Waals surface area contributed by atoms with Crippen LogP contribution in [0.5, 0.6) is 0 Å². The predicted octanol–water partition coefficient (Wildman–Crippen LogP) is 2.90. The average molecular weight is 226 g/mol. The van der Waals surface area contributed by atoms with Crippen LogP contribution in [-0.4, -0.2) is 16.0 Å². The molecule has 3 nitrogen and oxygen atoms in total. The largest absolute Gasteiger partial charge is 0.367 e. The van der Waals surface area contributed by atoms with Crippen LogP contribution < -0.4 is 5.32 Å². The third kappa shape index (κ3) is 2.81. The van der Waals surface area contributed by atoms with E-state index in [2.05, 4.69) is 29.1 Å². The van der Waals surface area contributed by atoms with Gasteiger partial charge < -0.3 is 5.32 Å². The van der Waals surface area contributed by atoms with Crippen LogP contribution >= 0.6 is 11.6 Å². The first kappa shape index (κ1) is 10.7. The molecule has 2 rings (SSSR count). The Bertz CT molecular complexity index is 354. The molecule has 0 spiro atoms. The second-order valence-electron chi connectivity index (χ2n) is 4.21. The molecule has 1 saturated carbocycles. The first-order valence-corrected chi connectivity index (χ1v) is 5.87. The van der Waals surface area contributed by atoms with Gasteiger partial charge in [0.25, 0.3) is 0 Å². The molecule has 0 aromatic carbocycles. The molecule has 1 aliphatic rings. The number of nitrogens with one attached hydrogen (secondary N) is 1. The van der Waals surface area contributed by atoms with E-state index < -0.39 is 0 Å². The van der Waals surface area contributed by atoms with Crippen molar-refractivity contribution in [2.45, 2.75) is 39.2 Å². The number of aryl methyl sites for hydroxylation is 1. The van der Waals surface area contributed by atoms with E-state index in [1.807, 2.05) is 0 Å². The smallest absolute Gasteiger partial charge is 0.134 e. The average Bonchev–Trinajstić information content (AvgIpc) is 2.81. The molecule has 1 N–H and O–H groups in total. The normalized spacial score (nSPS) is 23.9. The lowest BCUT2D eigenvalue weighted by Gasteiger charge is -2.06. The van der Waals surface area contributed by atoms with Crippen LogP contribution in [0.2, 0.25) is 5.15 Å². The van der Waals surface area contributed by atoms with Crippen molar-refractivity contribution in [2.24, 2.45) is 5.92 Å². The lowest BCUT2D eigenvalue weighted by molar-refractivity contribution is 0.830. The summed E-state index contributed by atoms with van der Waals surface area (Å²) in [4.78, 5) is 8.62. The fourth-order valence-electron chi connectivity index (χ4n) is 1.59. The topological polar surface area (TPSA) is 37.8 Å². The molecule has 0 amide bonds. The number of halogens is 1. The number of hydrogen-bond acceptors (Lipinski definition) is 3. The summed E-state index contributed by atoms with van der Waals surface area (Å²) in [7, 11) is 0. The van der Waals surface area contributed by atoms with E-state index in [1.165, 1.54) is 6.42 Å². The zero-order valence-electron chi connectivity index (χ0n) is 9.13. The van der Waals surface area contributed by atoms with Gasteiger partial charge in [0.1, 0.15) is 16.8 Å². The van der Waals surface area contributed by atoms with E-state index in [9.17, 15) is 0 Å². The van der Waals surface area contributed by atoms with E-state index in [-0.39, 0.29) is 0 Å². The predicted molar refractivity (Wildman–Crippen MR) is 62.2 cm³/mol. The molecule has 82 valence electrons. The summed E-state index contributed by atoms with van der Waals surface area (Å²) in [5, 5.41) is 3.90. The fraction of sp³-hybridized carbons (Fsp3) is 0.636. The van der Waals surface area contributed by atoms with Crippen molar-refractivity contribution in [3.63, 3.8) is 0 Å². The van der Waals surface area contributed by atoms with Crippen LogP contribution in [0.15, 0.2) is 6.07 Å². The zero-order chi connectivity index (χ0) is 10.8. The van der Waals surface area contributed by atoms with E-state index >= 15 is 0 Å². The van der Waals surface area contributed by atoms with Gasteiger partial charge in [-0.25, -0.2) is 9.97 Å². The molecule has 2 atom stereocenters. The van der Waals surface area contributed by atoms with Gasteiger partial charge in [0, 0.05) is 18.5 Å². The molecular formula is C11H16ClN3. The minimum Gasteiger partial charge on any atom is -0.367 e. The molecule has 0 saturated heterocycles. The van der Waals surface area contributed by atoms with Gasteiger partial charge in [0.05, 0.1) is 0 Å². The number of aromatic nitrogens is 2. The standard InChI is InChI=1S/C11H16ClN3/c1-3-4-10-14-9(12)6-11(15-10)13-8-5-7(8)2/h6-8H,3-5H2,1-2H3,(H,13,14,15). The molecule has 15 heavy (non-hydrogen) atoms. The SMILES string of the molecule is CCCc1nc(Cl)cc(NC2CC2C)n1. The lowest BCUT2D eigenvalue weighted by atomic mass is 10.3. The van der Waals surface area contributed by atoms with Crippen LogP contribution in [0.3, 0.4) is 0 Å². The Morgan fingerprint density at radius 3 is 2.87 bits per heavy atom. The zero-order valence-corrected chi connectivity index (χ0v) is 9.88. The molecule has 2 unspecified atom stereocenters. The monoisotopic (exact) mass is 225 g/mol. The minimum absolute atomic E-state index is 0.532. The summed E-state index contributed by atoms with van der Waals surface area (Å²) < 4.78 is 0. The Hall–Kier alpha value is -0.830. The van der Waals surface area contributed by atoms with Gasteiger partial charge in [0.2, 0.25) is 0 Å². The Morgan fingerprint density at radius 1 is 1.53 bits per heavy atom. The lowest BCUT2D eigenvalue weighted by Crippen LogP contribution is -2.07. The molecule has 1 aromatic heterocycles. The van der Waals surface area contributed by atoms with E-state index in [4.69, 9.17) is 11.6 Å². The first-order chi connectivity index (χ1) is 7.19. The first-order valence-electron chi connectivity index (χ1n) is 5.49. The van der Waals surface area contributed by atoms with E-state index in [0.29, 0.717) is 11.2 Å². The molecular weight excluding hydrogens is 210 g/mol. The number of hydrogen-bond donors (Lipinski definition) is 1. The van der Waals surface area contributed by atoms with Gasteiger partial charge in [-0.15, -0.1) is 0 Å². The molecule has 0 radical (unpaired) electrons. The summed E-state index contributed by atoms with van der Waals surface area (Å²) >= 11 is 5.93. The van der Waals surface area contributed by atoms with Gasteiger partial charge in [-0.1, -0.05) is 25.4 Å². The van der Waals surface area contributed by atoms with Crippen molar-refractivity contribution in [3.8, 4) is 0 Å². The maximum absolute atomic E-state index is 5.93. The molecule has 0 bridgehead atoms. The molecule has 1 heterocycles. The molecule has 1 fully saturated rings. The van der Waals surface area contributed by atoms with Crippen LogP contribution in [0.4, 0.5) is 5.82 Å². The van der Waals surface area contributed by atoms with Crippen molar-refractivity contribution >= 4 is 17.4 Å². The highest BCUT2D eigenvalue weighted by Gasteiger charge is 2.32. The summed E-state index contributed by atoms with van der Waals surface area (Å²) in [6, 6.07) is 2.37. The summed E-state index contributed by atoms with van der Waals surface area (Å²) in [5.74, 6) is 2.46. The Morgan fingerprint density at radius 2 is 2.27 bits per heavy atom. The van der Waals surface area contributed by atoms with Crippen molar-refractivity contribution in [1.82, 2.24) is 9.97 Å². The summed E-state index contributed by atoms with van der Waals surface area (Å²) in [6.45, 7) is 4.34. The fourth-order valence-corrected chi connectivity index (χ4v) is 1.79. The van der Waals surface area contributed by atoms with Gasteiger partial charge >= 0.3 is 0 Å². The van der Waals surface area contributed by atoms with Crippen LogP contribution in [-0.2, 0) is 6.42 Å². The second kappa shape index (κ2) is 4.35. The van der Waals surface area contributed by atoms with Crippen molar-refractivity contribution in [2.75, 3.05) is 5.32 Å². The molecule has 4 heteroatoms.